The topological polar surface area (TPSA) is 379 Å². The molecule has 0 spiro atoms. The van der Waals surface area contributed by atoms with Crippen LogP contribution < -0.4 is 22.1 Å². The lowest BCUT2D eigenvalue weighted by Crippen LogP contribution is -2.50. The number of imidazole rings is 1. The number of nitrogens with one attached hydrogen (secondary N) is 2. The van der Waals surface area contributed by atoms with Gasteiger partial charge < -0.3 is 56.3 Å². The van der Waals surface area contributed by atoms with Gasteiger partial charge in [0.05, 0.1) is 19.5 Å². The highest BCUT2D eigenvalue weighted by atomic mass is 32.1. The standard InChI is InChI=1S/C24H41N8O17P3S/c1-12(25)23(36)47-18(21(35)28-5-4-14(33)27-6-7-53)24(2,3)9-45-52(42,43)49-51(40,41)44-8-13-17(48-50(37,38)39)16(34)22(46-13)32-11-31-15-19(26)29-10-30-20(15)32/h10-13,16-18,22,34,53H,4-9,25H2,1-3H3,(H,27,33)(H,28,35)(H,40,41)(H,42,43)(H2,26,29,30)(H2,37,38,39)/t12-,13+,16+,17+,18-,22+/m0/s1. The first-order chi connectivity index (χ1) is 24.5. The van der Waals surface area contributed by atoms with E-state index in [9.17, 15) is 52.8 Å². The van der Waals surface area contributed by atoms with Gasteiger partial charge >= 0.3 is 29.4 Å². The van der Waals surface area contributed by atoms with Crippen LogP contribution in [0.5, 0.6) is 0 Å². The van der Waals surface area contributed by atoms with Crippen molar-refractivity contribution in [1.82, 2.24) is 30.2 Å². The summed E-state index contributed by atoms with van der Waals surface area (Å²) in [5, 5.41) is 15.8. The summed E-state index contributed by atoms with van der Waals surface area (Å²) >= 11 is 3.97. The quantitative estimate of drug-likeness (QED) is 0.0401. The number of nitrogens with zero attached hydrogens (tertiary/aromatic N) is 4. The third-order valence-electron chi connectivity index (χ3n) is 7.08. The first kappa shape index (κ1) is 44.8. The largest absolute Gasteiger partial charge is 0.481 e. The third kappa shape index (κ3) is 13.0. The van der Waals surface area contributed by atoms with E-state index in [1.54, 1.807) is 0 Å². The van der Waals surface area contributed by atoms with E-state index in [1.165, 1.54) is 20.8 Å². The molecular formula is C24H41N8O17P3S. The van der Waals surface area contributed by atoms with E-state index in [4.69, 9.17) is 30.0 Å². The molecule has 3 rings (SSSR count). The molecule has 1 aliphatic heterocycles. The fourth-order valence-electron chi connectivity index (χ4n) is 4.56. The number of nitrogens with two attached hydrogens (primary N) is 2. The van der Waals surface area contributed by atoms with Crippen LogP contribution in [-0.2, 0) is 55.4 Å². The minimum atomic E-state index is -5.61. The van der Waals surface area contributed by atoms with E-state index in [-0.39, 0.29) is 36.5 Å². The molecule has 8 atom stereocenters. The van der Waals surface area contributed by atoms with Gasteiger partial charge in [-0.1, -0.05) is 13.8 Å². The molecule has 300 valence electrons. The highest BCUT2D eigenvalue weighted by molar-refractivity contribution is 7.80. The van der Waals surface area contributed by atoms with E-state index in [0.29, 0.717) is 5.75 Å². The Kier molecular flexibility index (Phi) is 15.5. The number of aliphatic hydroxyl groups excluding tert-OH is 1. The number of nitrogen functional groups attached to an aromatic ring is 1. The van der Waals surface area contributed by atoms with Crippen LogP contribution in [0.4, 0.5) is 5.82 Å². The van der Waals surface area contributed by atoms with Gasteiger partial charge in [-0.05, 0) is 6.92 Å². The van der Waals surface area contributed by atoms with Crippen molar-refractivity contribution < 1.29 is 80.1 Å². The zero-order chi connectivity index (χ0) is 39.9. The van der Waals surface area contributed by atoms with Crippen molar-refractivity contribution in [3.8, 4) is 0 Å². The summed E-state index contributed by atoms with van der Waals surface area (Å²) < 4.78 is 67.8. The summed E-state index contributed by atoms with van der Waals surface area (Å²) in [4.78, 5) is 88.3. The number of rotatable bonds is 20. The van der Waals surface area contributed by atoms with Crippen LogP contribution in [0.25, 0.3) is 11.2 Å². The van der Waals surface area contributed by atoms with Crippen LogP contribution >= 0.6 is 36.1 Å². The molecule has 2 aromatic rings. The lowest BCUT2D eigenvalue weighted by molar-refractivity contribution is -0.165. The van der Waals surface area contributed by atoms with Crippen LogP contribution in [0.3, 0.4) is 0 Å². The lowest BCUT2D eigenvalue weighted by atomic mass is 9.86. The highest BCUT2D eigenvalue weighted by Crippen LogP contribution is 2.61. The smallest absolute Gasteiger partial charge is 0.450 e. The fourth-order valence-corrected chi connectivity index (χ4v) is 7.51. The Morgan fingerprint density at radius 3 is 2.36 bits per heavy atom. The summed E-state index contributed by atoms with van der Waals surface area (Å²) in [5.74, 6) is -2.06. The van der Waals surface area contributed by atoms with Gasteiger partial charge in [0.25, 0.3) is 5.91 Å². The Labute approximate surface area is 306 Å². The molecule has 53 heavy (non-hydrogen) atoms. The second-order valence-electron chi connectivity index (χ2n) is 12.0. The molecule has 1 aliphatic rings. The van der Waals surface area contributed by atoms with Gasteiger partial charge in [-0.2, -0.15) is 16.9 Å². The number of aromatic nitrogens is 4. The Bertz CT molecular complexity index is 1760. The van der Waals surface area contributed by atoms with Crippen LogP contribution in [-0.4, -0.2) is 124 Å². The third-order valence-corrected chi connectivity index (χ3v) is 10.4. The molecule has 29 heteroatoms. The summed E-state index contributed by atoms with van der Waals surface area (Å²) in [6.45, 7) is 1.82. The number of amides is 2. The number of aliphatic hydroxyl groups is 1. The lowest BCUT2D eigenvalue weighted by Gasteiger charge is -2.33. The summed E-state index contributed by atoms with van der Waals surface area (Å²) in [7, 11) is -16.5. The molecule has 11 N–H and O–H groups in total. The monoisotopic (exact) mass is 838 g/mol. The number of ether oxygens (including phenoxy) is 2. The van der Waals surface area contributed by atoms with Gasteiger partial charge in [0, 0.05) is 30.7 Å². The molecule has 3 heterocycles. The number of hydrogen-bond acceptors (Lipinski definition) is 19. The molecule has 1 fully saturated rings. The van der Waals surface area contributed by atoms with Crippen LogP contribution in [0.2, 0.25) is 0 Å². The molecule has 2 unspecified atom stereocenters. The van der Waals surface area contributed by atoms with E-state index >= 15 is 0 Å². The molecule has 2 amide bonds. The molecule has 25 nitrogen and oxygen atoms in total. The predicted molar refractivity (Wildman–Crippen MR) is 181 cm³/mol. The summed E-state index contributed by atoms with van der Waals surface area (Å²) in [6, 6.07) is -1.20. The van der Waals surface area contributed by atoms with Crippen molar-refractivity contribution in [2.24, 2.45) is 11.1 Å². The first-order valence-electron chi connectivity index (χ1n) is 15.2. The highest BCUT2D eigenvalue weighted by Gasteiger charge is 2.50. The minimum absolute atomic E-state index is 0.0230. The zero-order valence-corrected chi connectivity index (χ0v) is 31.8. The Morgan fingerprint density at radius 2 is 1.74 bits per heavy atom. The van der Waals surface area contributed by atoms with Gasteiger partial charge in [-0.25, -0.2) is 28.6 Å². The van der Waals surface area contributed by atoms with E-state index < -0.39 is 96.6 Å². The number of esters is 1. The number of phosphoric acid groups is 3. The second-order valence-corrected chi connectivity index (χ2v) is 16.7. The Hall–Kier alpha value is -2.64. The molecule has 0 aliphatic carbocycles. The number of phosphoric ester groups is 3. The van der Waals surface area contributed by atoms with Gasteiger partial charge in [-0.15, -0.1) is 0 Å². The molecule has 0 aromatic carbocycles. The van der Waals surface area contributed by atoms with Gasteiger partial charge in [-0.3, -0.25) is 32.5 Å². The average molecular weight is 839 g/mol. The van der Waals surface area contributed by atoms with Crippen molar-refractivity contribution in [1.29, 1.82) is 0 Å². The fraction of sp³-hybridized carbons (Fsp3) is 0.667. The van der Waals surface area contributed by atoms with Gasteiger partial charge in [0.1, 0.15) is 36.2 Å². The molecule has 0 radical (unpaired) electrons. The molecule has 2 aromatic heterocycles. The maximum Gasteiger partial charge on any atom is 0.481 e. The van der Waals surface area contributed by atoms with Gasteiger partial charge in [0.2, 0.25) is 5.91 Å². The summed E-state index contributed by atoms with van der Waals surface area (Å²) in [5.41, 5.74) is 9.76. The maximum absolute atomic E-state index is 13.0. The Morgan fingerprint density at radius 1 is 1.08 bits per heavy atom. The number of carbonyl (C=O) groups excluding carboxylic acids is 3. The van der Waals surface area contributed by atoms with Crippen LogP contribution in [0, 0.1) is 5.41 Å². The molecule has 0 bridgehead atoms. The normalized spacial score (nSPS) is 22.8. The van der Waals surface area contributed by atoms with Crippen molar-refractivity contribution >= 4 is 70.9 Å². The average Bonchev–Trinajstić information content (AvgIpc) is 3.60. The minimum Gasteiger partial charge on any atom is -0.450 e. The first-order valence-corrected chi connectivity index (χ1v) is 20.4. The molecule has 1 saturated heterocycles. The van der Waals surface area contributed by atoms with Crippen molar-refractivity contribution in [2.45, 2.75) is 63.9 Å². The number of thiol groups is 1. The number of carbonyl (C=O) groups is 3. The molecular weight excluding hydrogens is 797 g/mol. The molecule has 0 saturated carbocycles. The van der Waals surface area contributed by atoms with Crippen LogP contribution in [0.1, 0.15) is 33.4 Å². The van der Waals surface area contributed by atoms with E-state index in [1.807, 2.05) is 0 Å². The van der Waals surface area contributed by atoms with Gasteiger partial charge in [0.15, 0.2) is 23.8 Å². The van der Waals surface area contributed by atoms with E-state index in [0.717, 1.165) is 17.2 Å². The van der Waals surface area contributed by atoms with Crippen LogP contribution in [0.15, 0.2) is 12.7 Å². The predicted octanol–water partition coefficient (Wildman–Crippen LogP) is -1.77. The number of hydrogen-bond donors (Lipinski definition) is 10. The Balaban J connectivity index is 1.69. The summed E-state index contributed by atoms with van der Waals surface area (Å²) in [6.07, 6.45) is -6.82. The van der Waals surface area contributed by atoms with Crippen molar-refractivity contribution in [2.75, 3.05) is 37.8 Å². The number of anilines is 1. The maximum atomic E-state index is 13.0. The SMILES string of the molecule is C[C@H](N)C(=O)O[C@@H](C(=O)NCCC(=O)NCCS)C(C)(C)COP(=O)(O)OP(=O)(O)OC[C@H]1O[C@@H](n2cnc3c(N)ncnc32)[C@H](O)[C@@H]1OP(=O)(O)O. The van der Waals surface area contributed by atoms with E-state index in [2.05, 4.69) is 47.0 Å². The zero-order valence-electron chi connectivity index (χ0n) is 28.2. The van der Waals surface area contributed by atoms with Crippen molar-refractivity contribution in [3.05, 3.63) is 12.7 Å². The second kappa shape index (κ2) is 18.3. The van der Waals surface area contributed by atoms with Crippen molar-refractivity contribution in [3.63, 3.8) is 0 Å². The number of fused-ring (bicyclic) bond motifs is 1.